The van der Waals surface area contributed by atoms with Gasteiger partial charge in [0.05, 0.1) is 61.6 Å². The van der Waals surface area contributed by atoms with Crippen LogP contribution >= 0.6 is 0 Å². The van der Waals surface area contributed by atoms with Crippen LogP contribution in [0.5, 0.6) is 172 Å². The van der Waals surface area contributed by atoms with E-state index in [4.69, 9.17) is 47.4 Å². The van der Waals surface area contributed by atoms with Gasteiger partial charge in [0, 0.05) is 83.5 Å². The molecule has 10 aromatic rings. The topological polar surface area (TPSA) is 910 Å². The van der Waals surface area contributed by atoms with Crippen molar-refractivity contribution in [3.63, 3.8) is 0 Å². The molecule has 32 N–H and O–H groups in total. The number of esters is 10. The predicted octanol–water partition coefficient (Wildman–Crippen LogP) is 2.37. The van der Waals surface area contributed by atoms with E-state index in [1.165, 1.54) is 0 Å². The van der Waals surface area contributed by atoms with Crippen LogP contribution in [-0.2, 0) is 47.4 Å². The van der Waals surface area contributed by atoms with E-state index in [9.17, 15) is 168 Å². The van der Waals surface area contributed by atoms with E-state index in [0.717, 1.165) is 0 Å². The molecule has 10 aliphatic rings. The maximum atomic E-state index is 16.8. The fourth-order valence-electron chi connectivity index (χ4n) is 17.6. The Hall–Kier alpha value is -19.2. The average Bonchev–Trinajstić information content (AvgIpc) is 1.02. The molecule has 0 spiro atoms. The largest absolute Gasteiger partial charge is 0.504 e. The van der Waals surface area contributed by atoms with E-state index >= 15 is 43.2 Å². The second-order valence-corrected chi connectivity index (χ2v) is 30.5. The maximum absolute atomic E-state index is 16.8. The Labute approximate surface area is 731 Å². The molecule has 0 saturated heterocycles. The fraction of sp³-hybridized carbons (Fsp3) is 0.146. The van der Waals surface area contributed by atoms with Gasteiger partial charge in [-0.2, -0.15) is 0 Å². The lowest BCUT2D eigenvalue weighted by Gasteiger charge is -2.44. The molecular weight excluding hydrogens is 1820 g/mol. The highest BCUT2D eigenvalue weighted by atomic mass is 16.7. The van der Waals surface area contributed by atoms with E-state index in [1.54, 1.807) is 0 Å². The van der Waals surface area contributed by atoms with Crippen LogP contribution in [-0.4, -0.2) is 285 Å². The van der Waals surface area contributed by atoms with Gasteiger partial charge in [0.2, 0.25) is 63.6 Å². The molecule has 10 heterocycles. The molecular formula is C82H50O52. The van der Waals surface area contributed by atoms with Crippen LogP contribution in [0.1, 0.15) is 132 Å². The zero-order valence-electron chi connectivity index (χ0n) is 65.0. The van der Waals surface area contributed by atoms with Crippen molar-refractivity contribution >= 4 is 59.7 Å². The van der Waals surface area contributed by atoms with Crippen LogP contribution in [0.25, 0.3) is 66.8 Å². The molecule has 0 amide bonds. The minimum Gasteiger partial charge on any atom is -0.504 e. The van der Waals surface area contributed by atoms with Gasteiger partial charge >= 0.3 is 59.7 Å². The SMILES string of the molecule is O=C1OC[C@]2(O)OC(=O)c3cc(O)c(O)c(O)c3-c3c(O)c(O)c(O)c4c3C(=O)OC([C@H]3OC(=O)c5c-4c(O)c(O)c(O)c5[C@@H]3c3c(O)c(O)c(O)c4c3C(=O)OC[C@H]3OC(=O)c5cc(O)c(O)c(O)c5-c5c(O)c(O)c(O)c6c5C(=O)O[C@H]([C@H]5OC(=O)c7c-6c(O)c(O)c(O)c7[C@H]5O)[C@@H]3OC(=O)c3cc(O)c(O)c(O)c3-4)[C@@H]2OC(=O)c2cc(O)c(O)c(O)c2-c2c1cc(O)c(O)c2O. The number of fused-ring (bicyclic) bond motifs is 14. The highest BCUT2D eigenvalue weighted by molar-refractivity contribution is 6.20. The number of aliphatic hydroxyl groups excluding tert-OH is 1. The number of benzene rings is 10. The molecule has 52 heteroatoms. The highest BCUT2D eigenvalue weighted by Gasteiger charge is 2.64. The predicted molar refractivity (Wildman–Crippen MR) is 410 cm³/mol. The van der Waals surface area contributed by atoms with Crippen molar-refractivity contribution in [2.24, 2.45) is 0 Å². The van der Waals surface area contributed by atoms with Crippen LogP contribution < -0.4 is 0 Å². The maximum Gasteiger partial charge on any atom is 0.341 e. The number of aromatic hydroxyl groups is 30. The Morgan fingerprint density at radius 2 is 0.493 bits per heavy atom. The van der Waals surface area contributed by atoms with Crippen molar-refractivity contribution in [1.82, 2.24) is 0 Å². The third-order valence-corrected chi connectivity index (χ3v) is 23.5. The fourth-order valence-corrected chi connectivity index (χ4v) is 17.6. The lowest BCUT2D eigenvalue weighted by molar-refractivity contribution is -0.268. The van der Waals surface area contributed by atoms with Crippen molar-refractivity contribution < 1.29 is 259 Å². The smallest absolute Gasteiger partial charge is 0.341 e. The number of hydrogen-bond acceptors (Lipinski definition) is 52. The van der Waals surface area contributed by atoms with Crippen molar-refractivity contribution in [2.45, 2.75) is 60.5 Å². The summed E-state index contributed by atoms with van der Waals surface area (Å²) in [4.78, 5) is 159. The van der Waals surface area contributed by atoms with E-state index in [2.05, 4.69) is 0 Å². The number of phenols is 30. The molecule has 0 radical (unpaired) electrons. The first-order valence-electron chi connectivity index (χ1n) is 37.3. The molecule has 10 aromatic carbocycles. The summed E-state index contributed by atoms with van der Waals surface area (Å²) in [6, 6.07) is 0.145. The summed E-state index contributed by atoms with van der Waals surface area (Å²) in [6.45, 7) is -4.74. The van der Waals surface area contributed by atoms with Gasteiger partial charge < -0.3 is 211 Å². The van der Waals surface area contributed by atoms with Gasteiger partial charge in [0.1, 0.15) is 12.7 Å². The second kappa shape index (κ2) is 28.4. The number of aliphatic hydroxyl groups is 2. The summed E-state index contributed by atoms with van der Waals surface area (Å²) >= 11 is 0. The minimum absolute atomic E-state index is 0.00608. The normalized spacial score (nSPS) is 21.3. The Balaban J connectivity index is 0.962. The summed E-state index contributed by atoms with van der Waals surface area (Å²) in [5.41, 5.74) is -44.1. The minimum atomic E-state index is -4.77. The van der Waals surface area contributed by atoms with Crippen LogP contribution in [0.15, 0.2) is 30.3 Å². The van der Waals surface area contributed by atoms with Crippen molar-refractivity contribution in [3.05, 3.63) is 103 Å². The van der Waals surface area contributed by atoms with Crippen LogP contribution in [0.4, 0.5) is 0 Å². The molecule has 10 atom stereocenters. The van der Waals surface area contributed by atoms with Gasteiger partial charge in [-0.05, 0) is 30.3 Å². The number of phenolic OH excluding ortho intramolecular Hbond substituents is 30. The number of rotatable bonds is 1. The van der Waals surface area contributed by atoms with E-state index in [0.29, 0.717) is 0 Å². The van der Waals surface area contributed by atoms with Gasteiger partial charge in [-0.15, -0.1) is 0 Å². The first-order chi connectivity index (χ1) is 62.9. The second-order valence-electron chi connectivity index (χ2n) is 30.5. The average molecular weight is 1870 g/mol. The molecule has 0 fully saturated rings. The molecule has 10 aliphatic heterocycles. The molecule has 12 bridgehead atoms. The Kier molecular flexibility index (Phi) is 18.1. The van der Waals surface area contributed by atoms with E-state index in [1.807, 2.05) is 0 Å². The summed E-state index contributed by atoms with van der Waals surface area (Å²) in [7, 11) is 0. The molecule has 1 unspecified atom stereocenters. The summed E-state index contributed by atoms with van der Waals surface area (Å²) in [6.07, 6.45) is -27.9. The monoisotopic (exact) mass is 1870 g/mol. The number of carbonyl (C=O) groups excluding carboxylic acids is 10. The number of hydrogen-bond donors (Lipinski definition) is 32. The number of carbonyl (C=O) groups is 10. The molecule has 690 valence electrons. The first-order valence-corrected chi connectivity index (χ1v) is 37.3. The summed E-state index contributed by atoms with van der Waals surface area (Å²) in [5.74, 6) is -91.4. The lowest BCUT2D eigenvalue weighted by atomic mass is 9.72. The standard InChI is InChI=1S/C82H50O52/c83-13-1-8-19(45(93)40(13)88)20-9(2-14(84)41(89)46(20)94)75(117)133-71-70-67-33(32-37(78(120)129-67)28(54(102)64(112)58(32)106)27-36(80(122)132-70)26(52(100)62(110)53(27)101)23-12(5-17(87)44(92)49(23)97)76(118)134-82(71,124)7-126-72(8)114)31-34-24(50(98)63(111)57(31)105)22-11(4-16(86)43(91)48(22)96)74(116)128-66-18(6-125-77(34)119)127-73(115)10-3-15(85)42(90)47(95)21(10)25-35-29(55(103)61(109)51(25)99)30-38-39(59(107)65(113)56(30)104)60(108)68(130-81(38)123)69(66)131-79(35)121/h1-5,18,33,60,66-71,83-113,124H,6-7H2/t18-,33+,60-,66-,67+,68+,69+,70?,71+,82+/m1/s1. The Bertz CT molecular complexity index is 7340. The van der Waals surface area contributed by atoms with Gasteiger partial charge in [-0.25, -0.2) is 47.9 Å². The van der Waals surface area contributed by atoms with E-state index < -0.39 is 445 Å². The summed E-state index contributed by atoms with van der Waals surface area (Å²) in [5, 5.41) is 383. The van der Waals surface area contributed by atoms with Gasteiger partial charge in [-0.3, -0.25) is 0 Å². The van der Waals surface area contributed by atoms with Crippen LogP contribution in [0.2, 0.25) is 0 Å². The molecule has 20 rings (SSSR count). The Morgan fingerprint density at radius 1 is 0.224 bits per heavy atom. The van der Waals surface area contributed by atoms with Gasteiger partial charge in [0.15, 0.2) is 158 Å². The van der Waals surface area contributed by atoms with E-state index in [-0.39, 0.29) is 30.3 Å². The molecule has 0 saturated carbocycles. The van der Waals surface area contributed by atoms with Gasteiger partial charge in [-0.1, -0.05) is 0 Å². The van der Waals surface area contributed by atoms with Crippen molar-refractivity contribution in [3.8, 4) is 239 Å². The third-order valence-electron chi connectivity index (χ3n) is 23.5. The Morgan fingerprint density at radius 3 is 0.896 bits per heavy atom. The van der Waals surface area contributed by atoms with Gasteiger partial charge in [0.25, 0.3) is 5.79 Å². The van der Waals surface area contributed by atoms with Crippen LogP contribution in [0.3, 0.4) is 0 Å². The zero-order chi connectivity index (χ0) is 97.2. The highest BCUT2D eigenvalue weighted by Crippen LogP contribution is 2.68. The molecule has 134 heavy (non-hydrogen) atoms. The molecule has 0 aliphatic carbocycles. The third kappa shape index (κ3) is 11.2. The quantitative estimate of drug-likeness (QED) is 0.0637. The van der Waals surface area contributed by atoms with Crippen LogP contribution in [0, 0.1) is 0 Å². The van der Waals surface area contributed by atoms with Crippen molar-refractivity contribution in [1.29, 1.82) is 0 Å². The van der Waals surface area contributed by atoms with Crippen molar-refractivity contribution in [2.75, 3.05) is 13.2 Å². The molecule has 52 nitrogen and oxygen atoms in total. The first kappa shape index (κ1) is 85.6. The number of cyclic esters (lactones) is 2. The zero-order valence-corrected chi connectivity index (χ0v) is 65.0. The lowest BCUT2D eigenvalue weighted by Crippen LogP contribution is -2.62. The molecule has 0 aromatic heterocycles. The number of ether oxygens (including phenoxy) is 10. The summed E-state index contributed by atoms with van der Waals surface area (Å²) < 4.78 is 57.8.